The van der Waals surface area contributed by atoms with E-state index in [-0.39, 0.29) is 31.1 Å². The van der Waals surface area contributed by atoms with Crippen molar-refractivity contribution in [3.05, 3.63) is 0 Å². The quantitative estimate of drug-likeness (QED) is 0.0343. The van der Waals surface area contributed by atoms with Gasteiger partial charge in [-0.05, 0) is 31.1 Å². The van der Waals surface area contributed by atoms with Crippen molar-refractivity contribution < 1.29 is 28.6 Å². The van der Waals surface area contributed by atoms with E-state index in [4.69, 9.17) is 14.2 Å². The van der Waals surface area contributed by atoms with E-state index < -0.39 is 6.10 Å². The lowest BCUT2D eigenvalue weighted by molar-refractivity contribution is -0.167. The van der Waals surface area contributed by atoms with Crippen molar-refractivity contribution in [3.63, 3.8) is 0 Å². The Bertz CT molecular complexity index is 1070. The predicted octanol–water partition coefficient (Wildman–Crippen LogP) is 21.2. The molecule has 0 N–H and O–H groups in total. The third-order valence-electron chi connectivity index (χ3n) is 14.7. The van der Waals surface area contributed by atoms with Crippen molar-refractivity contribution >= 4 is 17.9 Å². The van der Waals surface area contributed by atoms with Crippen molar-refractivity contribution in [3.8, 4) is 0 Å². The molecule has 6 nitrogen and oxygen atoms in total. The monoisotopic (exact) mass is 989 g/mol. The van der Waals surface area contributed by atoms with Crippen molar-refractivity contribution in [2.45, 2.75) is 368 Å². The van der Waals surface area contributed by atoms with E-state index in [0.29, 0.717) is 19.3 Å². The highest BCUT2D eigenvalue weighted by Gasteiger charge is 2.19. The summed E-state index contributed by atoms with van der Waals surface area (Å²) in [5.41, 5.74) is 0. The summed E-state index contributed by atoms with van der Waals surface area (Å²) in [4.78, 5) is 38.3. The number of hydrogen-bond acceptors (Lipinski definition) is 6. The fourth-order valence-corrected chi connectivity index (χ4v) is 9.93. The van der Waals surface area contributed by atoms with Gasteiger partial charge in [-0.25, -0.2) is 0 Å². The van der Waals surface area contributed by atoms with Crippen LogP contribution in [0.5, 0.6) is 0 Å². The molecule has 0 saturated carbocycles. The number of hydrogen-bond donors (Lipinski definition) is 0. The van der Waals surface area contributed by atoms with Gasteiger partial charge >= 0.3 is 17.9 Å². The van der Waals surface area contributed by atoms with Crippen LogP contribution in [0.4, 0.5) is 0 Å². The second-order valence-electron chi connectivity index (χ2n) is 23.0. The van der Waals surface area contributed by atoms with Crippen molar-refractivity contribution in [2.75, 3.05) is 13.2 Å². The van der Waals surface area contributed by atoms with Gasteiger partial charge in [0.1, 0.15) is 13.2 Å². The number of carbonyl (C=O) groups excluding carboxylic acids is 3. The molecule has 1 atom stereocenters. The number of esters is 3. The van der Waals surface area contributed by atoms with Crippen LogP contribution in [-0.2, 0) is 28.6 Å². The zero-order chi connectivity index (χ0) is 51.1. The maximum atomic E-state index is 12.9. The van der Waals surface area contributed by atoms with E-state index >= 15 is 0 Å². The Hall–Kier alpha value is -1.59. The fraction of sp³-hybridized carbons (Fsp3) is 0.953. The molecule has 0 unspecified atom stereocenters. The van der Waals surface area contributed by atoms with Gasteiger partial charge in [0, 0.05) is 19.3 Å². The maximum Gasteiger partial charge on any atom is 0.306 e. The summed E-state index contributed by atoms with van der Waals surface area (Å²) in [7, 11) is 0. The first-order valence-electron chi connectivity index (χ1n) is 31.7. The van der Waals surface area contributed by atoms with E-state index in [1.54, 1.807) is 0 Å². The maximum absolute atomic E-state index is 12.9. The number of rotatable bonds is 58. The first kappa shape index (κ1) is 68.4. The lowest BCUT2D eigenvalue weighted by atomic mass is 10.0. The van der Waals surface area contributed by atoms with E-state index in [1.165, 1.54) is 250 Å². The molecule has 0 aromatic heterocycles. The summed E-state index contributed by atoms with van der Waals surface area (Å²) in [6.07, 6.45) is 62.4. The highest BCUT2D eigenvalue weighted by Crippen LogP contribution is 2.19. The summed E-state index contributed by atoms with van der Waals surface area (Å²) in [6.45, 7) is 11.5. The normalized spacial score (nSPS) is 12.0. The molecule has 0 aromatic rings. The molecule has 6 heteroatoms. The van der Waals surface area contributed by atoms with E-state index in [0.717, 1.165) is 69.6 Å². The van der Waals surface area contributed by atoms with Crippen molar-refractivity contribution in [2.24, 2.45) is 11.8 Å². The highest BCUT2D eigenvalue weighted by atomic mass is 16.6. The van der Waals surface area contributed by atoms with Gasteiger partial charge in [0.2, 0.25) is 0 Å². The molecule has 0 aliphatic heterocycles. The summed E-state index contributed by atoms with van der Waals surface area (Å²) in [6, 6.07) is 0. The molecule has 0 aliphatic carbocycles. The van der Waals surface area contributed by atoms with Crippen LogP contribution in [0.25, 0.3) is 0 Å². The molecule has 416 valence electrons. The van der Waals surface area contributed by atoms with Crippen LogP contribution in [0.2, 0.25) is 0 Å². The minimum atomic E-state index is -0.764. The Kier molecular flexibility index (Phi) is 55.4. The average Bonchev–Trinajstić information content (AvgIpc) is 3.33. The molecule has 0 amide bonds. The van der Waals surface area contributed by atoms with Crippen LogP contribution in [0.1, 0.15) is 362 Å². The summed E-state index contributed by atoms with van der Waals surface area (Å²) in [5, 5.41) is 0. The van der Waals surface area contributed by atoms with Crippen molar-refractivity contribution in [1.29, 1.82) is 0 Å². The van der Waals surface area contributed by atoms with Gasteiger partial charge in [0.25, 0.3) is 0 Å². The number of unbranched alkanes of at least 4 members (excludes halogenated alkanes) is 43. The summed E-state index contributed by atoms with van der Waals surface area (Å²) < 4.78 is 17.0. The number of carbonyl (C=O) groups is 3. The van der Waals surface area contributed by atoms with Gasteiger partial charge < -0.3 is 14.2 Å². The van der Waals surface area contributed by atoms with E-state index in [2.05, 4.69) is 34.6 Å². The molecule has 0 aromatic carbocycles. The minimum Gasteiger partial charge on any atom is -0.462 e. The van der Waals surface area contributed by atoms with Crippen LogP contribution in [-0.4, -0.2) is 37.2 Å². The molecule has 0 radical (unpaired) electrons. The summed E-state index contributed by atoms with van der Waals surface area (Å²) in [5.74, 6) is 0.856. The zero-order valence-corrected chi connectivity index (χ0v) is 48.2. The number of ether oxygens (including phenoxy) is 3. The first-order valence-corrected chi connectivity index (χ1v) is 31.7. The average molecular weight is 990 g/mol. The SMILES string of the molecule is CCCCCCCCCCCCCCCCCCCCC(=O)OC[C@@H](COC(=O)CCCCCCCCCCCCCCCC(C)C)OC(=O)CCCCCCCCCCCCCCCCCC(C)C. The van der Waals surface area contributed by atoms with E-state index in [1.807, 2.05) is 0 Å². The van der Waals surface area contributed by atoms with Crippen LogP contribution in [0.3, 0.4) is 0 Å². The Labute approximate surface area is 438 Å². The van der Waals surface area contributed by atoms with Gasteiger partial charge in [-0.15, -0.1) is 0 Å². The van der Waals surface area contributed by atoms with Gasteiger partial charge in [0.15, 0.2) is 6.10 Å². The van der Waals surface area contributed by atoms with Crippen molar-refractivity contribution in [1.82, 2.24) is 0 Å². The van der Waals surface area contributed by atoms with Gasteiger partial charge in [0.05, 0.1) is 0 Å². The lowest BCUT2D eigenvalue weighted by Gasteiger charge is -2.18. The standard InChI is InChI=1S/C64H124O6/c1-6-7-8-9-10-11-12-13-14-15-16-19-24-29-34-39-44-49-54-62(65)68-57-61(58-69-63(66)55-50-45-40-35-30-26-21-23-28-33-38-43-48-53-60(4)5)70-64(67)56-51-46-41-36-31-25-20-17-18-22-27-32-37-42-47-52-59(2)3/h59-61H,6-58H2,1-5H3/t61-/m0/s1. The van der Waals surface area contributed by atoms with Gasteiger partial charge in [-0.1, -0.05) is 324 Å². The third kappa shape index (κ3) is 57.3. The Morgan fingerprint density at radius 2 is 0.471 bits per heavy atom. The van der Waals surface area contributed by atoms with Crippen LogP contribution in [0, 0.1) is 11.8 Å². The lowest BCUT2D eigenvalue weighted by Crippen LogP contribution is -2.30. The second kappa shape index (κ2) is 56.7. The molecule has 0 spiro atoms. The largest absolute Gasteiger partial charge is 0.462 e. The molecule has 0 saturated heterocycles. The summed E-state index contributed by atoms with van der Waals surface area (Å²) >= 11 is 0. The smallest absolute Gasteiger partial charge is 0.306 e. The highest BCUT2D eigenvalue weighted by molar-refractivity contribution is 5.71. The molecule has 0 heterocycles. The molecule has 0 bridgehead atoms. The van der Waals surface area contributed by atoms with Crippen LogP contribution in [0.15, 0.2) is 0 Å². The Morgan fingerprint density at radius 1 is 0.271 bits per heavy atom. The van der Waals surface area contributed by atoms with Gasteiger partial charge in [-0.3, -0.25) is 14.4 Å². The first-order chi connectivity index (χ1) is 34.2. The fourth-order valence-electron chi connectivity index (χ4n) is 9.93. The predicted molar refractivity (Wildman–Crippen MR) is 303 cm³/mol. The van der Waals surface area contributed by atoms with Crippen LogP contribution >= 0.6 is 0 Å². The molecular weight excluding hydrogens is 865 g/mol. The molecule has 0 aliphatic rings. The zero-order valence-electron chi connectivity index (χ0n) is 48.2. The van der Waals surface area contributed by atoms with Gasteiger partial charge in [-0.2, -0.15) is 0 Å². The second-order valence-corrected chi connectivity index (χ2v) is 23.0. The molecule has 70 heavy (non-hydrogen) atoms. The Morgan fingerprint density at radius 3 is 0.700 bits per heavy atom. The topological polar surface area (TPSA) is 78.9 Å². The van der Waals surface area contributed by atoms with Crippen LogP contribution < -0.4 is 0 Å². The minimum absolute atomic E-state index is 0.0619. The third-order valence-corrected chi connectivity index (χ3v) is 14.7. The molecule has 0 fully saturated rings. The molecular formula is C64H124O6. The molecule has 0 rings (SSSR count). The van der Waals surface area contributed by atoms with E-state index in [9.17, 15) is 14.4 Å². The Balaban J connectivity index is 4.29.